The van der Waals surface area contributed by atoms with Crippen molar-refractivity contribution in [1.29, 1.82) is 0 Å². The van der Waals surface area contributed by atoms with Crippen molar-refractivity contribution in [3.8, 4) is 11.4 Å². The van der Waals surface area contributed by atoms with Gasteiger partial charge >= 0.3 is 0 Å². The van der Waals surface area contributed by atoms with E-state index in [0.717, 1.165) is 29.5 Å². The quantitative estimate of drug-likeness (QED) is 0.450. The number of hydrogen-bond acceptors (Lipinski definition) is 7. The molecule has 1 aromatic carbocycles. The number of carbonyl (C=O) groups excluding carboxylic acids is 1. The van der Waals surface area contributed by atoms with Gasteiger partial charge in [-0.1, -0.05) is 0 Å². The summed E-state index contributed by atoms with van der Waals surface area (Å²) in [5.74, 6) is -1.56. The van der Waals surface area contributed by atoms with Gasteiger partial charge in [-0.25, -0.2) is 8.78 Å². The molecule has 0 spiro atoms. The fourth-order valence-corrected chi connectivity index (χ4v) is 3.62. The number of pyridine rings is 1. The highest BCUT2D eigenvalue weighted by molar-refractivity contribution is 7.99. The molecule has 1 N–H and O–H groups in total. The molecular weight excluding hydrogens is 414 g/mol. The fraction of sp³-hybridized carbons (Fsp3) is 0.100. The Bertz CT molecular complexity index is 1160. The third-order valence-corrected chi connectivity index (χ3v) is 5.29. The highest BCUT2D eigenvalue weighted by atomic mass is 32.2. The summed E-state index contributed by atoms with van der Waals surface area (Å²) in [6.45, 7) is -0.595. The molecule has 0 aliphatic heterocycles. The van der Waals surface area contributed by atoms with Crippen LogP contribution >= 0.6 is 11.8 Å². The van der Waals surface area contributed by atoms with E-state index in [9.17, 15) is 13.6 Å². The van der Waals surface area contributed by atoms with Crippen molar-refractivity contribution < 1.29 is 23.1 Å². The van der Waals surface area contributed by atoms with Gasteiger partial charge in [0.2, 0.25) is 0 Å². The molecule has 3 heterocycles. The first-order valence-electron chi connectivity index (χ1n) is 8.73. The van der Waals surface area contributed by atoms with E-state index in [2.05, 4.69) is 15.2 Å². The van der Waals surface area contributed by atoms with Crippen molar-refractivity contribution in [2.24, 2.45) is 0 Å². The molecule has 0 saturated heterocycles. The number of aliphatic hydroxyl groups is 1. The van der Waals surface area contributed by atoms with Gasteiger partial charge in [-0.2, -0.15) is 0 Å². The maximum Gasteiger partial charge on any atom is 0.196 e. The van der Waals surface area contributed by atoms with E-state index < -0.39 is 24.0 Å². The zero-order chi connectivity index (χ0) is 21.1. The number of ketones is 1. The predicted molar refractivity (Wildman–Crippen MR) is 103 cm³/mol. The van der Waals surface area contributed by atoms with Gasteiger partial charge in [0.05, 0.1) is 17.7 Å². The Morgan fingerprint density at radius 1 is 1.13 bits per heavy atom. The summed E-state index contributed by atoms with van der Waals surface area (Å²) < 4.78 is 36.2. The first-order chi connectivity index (χ1) is 14.6. The van der Waals surface area contributed by atoms with Crippen LogP contribution in [0.3, 0.4) is 0 Å². The molecule has 0 atom stereocenters. The van der Waals surface area contributed by atoms with Crippen molar-refractivity contribution in [3.05, 3.63) is 78.0 Å². The van der Waals surface area contributed by atoms with Crippen LogP contribution in [0.5, 0.6) is 0 Å². The number of furan rings is 1. The molecule has 0 fully saturated rings. The molecule has 4 aromatic rings. The normalized spacial score (nSPS) is 11.0. The van der Waals surface area contributed by atoms with Gasteiger partial charge in [-0.05, 0) is 48.2 Å². The van der Waals surface area contributed by atoms with Crippen LogP contribution in [0.1, 0.15) is 16.1 Å². The van der Waals surface area contributed by atoms with Gasteiger partial charge in [-0.3, -0.25) is 14.3 Å². The maximum atomic E-state index is 14.6. The molecule has 0 bridgehead atoms. The lowest BCUT2D eigenvalue weighted by Gasteiger charge is -2.10. The summed E-state index contributed by atoms with van der Waals surface area (Å²) in [5, 5.41) is 17.4. The number of carbonyl (C=O) groups is 1. The number of Topliss-reactive ketones (excluding diaryl/α,β-unsaturated/α-hetero) is 1. The molecule has 0 unspecified atom stereocenters. The molecular formula is C20H14F2N4O3S. The third kappa shape index (κ3) is 4.00. The van der Waals surface area contributed by atoms with Crippen LogP contribution in [0.2, 0.25) is 0 Å². The lowest BCUT2D eigenvalue weighted by molar-refractivity contribution is 0.0902. The summed E-state index contributed by atoms with van der Waals surface area (Å²) in [5.41, 5.74) is 0.479. The molecule has 0 amide bonds. The van der Waals surface area contributed by atoms with Crippen molar-refractivity contribution in [3.63, 3.8) is 0 Å². The van der Waals surface area contributed by atoms with Crippen molar-refractivity contribution in [1.82, 2.24) is 19.7 Å². The molecule has 0 saturated carbocycles. The lowest BCUT2D eigenvalue weighted by atomic mass is 10.1. The van der Waals surface area contributed by atoms with Crippen LogP contribution in [-0.2, 0) is 6.54 Å². The van der Waals surface area contributed by atoms with Crippen molar-refractivity contribution in [2.75, 3.05) is 6.61 Å². The highest BCUT2D eigenvalue weighted by Gasteiger charge is 2.21. The van der Waals surface area contributed by atoms with Gasteiger partial charge in [-0.15, -0.1) is 10.2 Å². The first-order valence-corrected chi connectivity index (χ1v) is 9.55. The van der Waals surface area contributed by atoms with Crippen LogP contribution in [0.15, 0.2) is 69.5 Å². The monoisotopic (exact) mass is 428 g/mol. The van der Waals surface area contributed by atoms with E-state index >= 15 is 0 Å². The number of aromatic nitrogens is 4. The number of rotatable bonds is 7. The van der Waals surface area contributed by atoms with Gasteiger partial charge in [0, 0.05) is 23.5 Å². The minimum Gasteiger partial charge on any atom is -0.467 e. The second-order valence-electron chi connectivity index (χ2n) is 6.16. The van der Waals surface area contributed by atoms with Crippen LogP contribution < -0.4 is 0 Å². The Balaban J connectivity index is 1.74. The molecule has 0 aliphatic rings. The predicted octanol–water partition coefficient (Wildman–Crippen LogP) is 3.59. The second kappa shape index (κ2) is 8.56. The SMILES string of the molecule is O=C(CO)c1cc(F)c(Sc2nnc(-c3ccncc3)n2Cc2ccco2)c(F)c1. The second-order valence-corrected chi connectivity index (χ2v) is 7.14. The van der Waals surface area contributed by atoms with Gasteiger partial charge < -0.3 is 9.52 Å². The van der Waals surface area contributed by atoms with E-state index in [0.29, 0.717) is 11.6 Å². The zero-order valence-electron chi connectivity index (χ0n) is 15.3. The molecule has 30 heavy (non-hydrogen) atoms. The zero-order valence-corrected chi connectivity index (χ0v) is 16.1. The Hall–Kier alpha value is -3.37. The van der Waals surface area contributed by atoms with Crippen LogP contribution in [0.25, 0.3) is 11.4 Å². The summed E-state index contributed by atoms with van der Waals surface area (Å²) in [6, 6.07) is 8.76. The first kappa shape index (κ1) is 19.9. The maximum absolute atomic E-state index is 14.6. The van der Waals surface area contributed by atoms with Crippen LogP contribution in [0, 0.1) is 11.6 Å². The van der Waals surface area contributed by atoms with Crippen LogP contribution in [-0.4, -0.2) is 37.2 Å². The molecule has 3 aromatic heterocycles. The summed E-state index contributed by atoms with van der Waals surface area (Å²) in [4.78, 5) is 15.2. The minimum atomic E-state index is -0.935. The molecule has 0 aliphatic carbocycles. The number of halogens is 2. The number of aliphatic hydroxyl groups excluding tert-OH is 1. The molecule has 4 rings (SSSR count). The van der Waals surface area contributed by atoms with E-state index in [1.807, 2.05) is 0 Å². The topological polar surface area (TPSA) is 94.0 Å². The largest absolute Gasteiger partial charge is 0.467 e. The van der Waals surface area contributed by atoms with Gasteiger partial charge in [0.25, 0.3) is 0 Å². The Kier molecular flexibility index (Phi) is 5.68. The molecule has 152 valence electrons. The Morgan fingerprint density at radius 3 is 2.50 bits per heavy atom. The fourth-order valence-electron chi connectivity index (χ4n) is 2.78. The smallest absolute Gasteiger partial charge is 0.196 e. The average Bonchev–Trinajstić information content (AvgIpc) is 3.41. The van der Waals surface area contributed by atoms with Gasteiger partial charge in [0.15, 0.2) is 16.8 Å². The summed E-state index contributed by atoms with van der Waals surface area (Å²) in [6.07, 6.45) is 4.73. The number of nitrogens with zero attached hydrogens (tertiary/aromatic N) is 4. The van der Waals surface area contributed by atoms with Crippen LogP contribution in [0.4, 0.5) is 8.78 Å². The Labute approximate surface area is 173 Å². The third-order valence-electron chi connectivity index (χ3n) is 4.21. The summed E-state index contributed by atoms with van der Waals surface area (Å²) in [7, 11) is 0. The number of benzene rings is 1. The summed E-state index contributed by atoms with van der Waals surface area (Å²) >= 11 is 0.741. The van der Waals surface area contributed by atoms with Gasteiger partial charge in [0.1, 0.15) is 24.0 Å². The lowest BCUT2D eigenvalue weighted by Crippen LogP contribution is -2.07. The van der Waals surface area contributed by atoms with E-state index in [4.69, 9.17) is 9.52 Å². The molecule has 7 nitrogen and oxygen atoms in total. The van der Waals surface area contributed by atoms with Crippen molar-refractivity contribution >= 4 is 17.5 Å². The van der Waals surface area contributed by atoms with Crippen molar-refractivity contribution in [2.45, 2.75) is 16.6 Å². The molecule has 0 radical (unpaired) electrons. The van der Waals surface area contributed by atoms with E-state index in [1.54, 1.807) is 41.2 Å². The Morgan fingerprint density at radius 2 is 1.87 bits per heavy atom. The number of hydrogen-bond donors (Lipinski definition) is 1. The van der Waals surface area contributed by atoms with E-state index in [-0.39, 0.29) is 22.2 Å². The molecule has 10 heteroatoms. The van der Waals surface area contributed by atoms with E-state index in [1.165, 1.54) is 6.26 Å². The standard InChI is InChI=1S/C20H14F2N4O3S/c21-15-8-13(17(28)11-27)9-16(22)18(15)30-20-25-24-19(12-3-5-23-6-4-12)26(20)10-14-2-1-7-29-14/h1-9,27H,10-11H2. The highest BCUT2D eigenvalue weighted by Crippen LogP contribution is 2.34. The minimum absolute atomic E-state index is 0.234. The average molecular weight is 428 g/mol.